The van der Waals surface area contributed by atoms with Crippen molar-refractivity contribution in [2.45, 2.75) is 39.5 Å². The van der Waals surface area contributed by atoms with Crippen molar-refractivity contribution in [3.05, 3.63) is 53.6 Å². The van der Waals surface area contributed by atoms with Crippen LogP contribution in [0.25, 0.3) is 0 Å². The average molecular weight is 382 g/mol. The van der Waals surface area contributed by atoms with Gasteiger partial charge in [0.1, 0.15) is 12.4 Å². The Morgan fingerprint density at radius 1 is 1.00 bits per heavy atom. The number of hydrogen-bond donors (Lipinski definition) is 2. The molecule has 0 bridgehead atoms. The van der Waals surface area contributed by atoms with E-state index in [0.29, 0.717) is 13.2 Å². The van der Waals surface area contributed by atoms with Crippen LogP contribution in [0.5, 0.6) is 5.75 Å². The van der Waals surface area contributed by atoms with E-state index in [1.165, 1.54) is 30.4 Å². The standard InChI is InChI=1S/C23H31N3O2/c1-3-26(4-2)21-12-10-20(11-13-21)25-23(27)24-15-16-28-22-14-9-18-7-5-6-8-19(18)17-22/h9-14,17H,3-8,15-16H2,1-2H3,(H2,24,25,27). The van der Waals surface area contributed by atoms with E-state index < -0.39 is 0 Å². The molecular formula is C23H31N3O2. The third kappa shape index (κ3) is 5.41. The molecule has 28 heavy (non-hydrogen) atoms. The summed E-state index contributed by atoms with van der Waals surface area (Å²) in [4.78, 5) is 14.3. The Hall–Kier alpha value is -2.69. The summed E-state index contributed by atoms with van der Waals surface area (Å²) in [5.41, 5.74) is 4.80. The monoisotopic (exact) mass is 381 g/mol. The lowest BCUT2D eigenvalue weighted by molar-refractivity contribution is 0.247. The molecule has 0 radical (unpaired) electrons. The first-order chi connectivity index (χ1) is 13.7. The number of ether oxygens (including phenoxy) is 1. The molecule has 0 fully saturated rings. The van der Waals surface area contributed by atoms with Crippen molar-refractivity contribution in [2.24, 2.45) is 0 Å². The van der Waals surface area contributed by atoms with Crippen molar-refractivity contribution < 1.29 is 9.53 Å². The van der Waals surface area contributed by atoms with Gasteiger partial charge in [0.2, 0.25) is 0 Å². The highest BCUT2D eigenvalue weighted by Crippen LogP contribution is 2.25. The minimum absolute atomic E-state index is 0.218. The summed E-state index contributed by atoms with van der Waals surface area (Å²) in [5.74, 6) is 0.884. The maximum atomic E-state index is 12.1. The van der Waals surface area contributed by atoms with Crippen LogP contribution >= 0.6 is 0 Å². The van der Waals surface area contributed by atoms with Gasteiger partial charge in [0.15, 0.2) is 0 Å². The number of nitrogens with one attached hydrogen (secondary N) is 2. The molecule has 0 unspecified atom stereocenters. The Morgan fingerprint density at radius 3 is 2.43 bits per heavy atom. The van der Waals surface area contributed by atoms with Crippen molar-refractivity contribution in [2.75, 3.05) is 36.5 Å². The van der Waals surface area contributed by atoms with Crippen LogP contribution in [0.3, 0.4) is 0 Å². The van der Waals surface area contributed by atoms with E-state index in [1.54, 1.807) is 0 Å². The Balaban J connectivity index is 1.40. The smallest absolute Gasteiger partial charge is 0.319 e. The summed E-state index contributed by atoms with van der Waals surface area (Å²) < 4.78 is 5.79. The number of amides is 2. The number of rotatable bonds is 8. The highest BCUT2D eigenvalue weighted by Gasteiger charge is 2.10. The van der Waals surface area contributed by atoms with Gasteiger partial charge in [0, 0.05) is 24.5 Å². The number of aryl methyl sites for hydroxylation is 2. The highest BCUT2D eigenvalue weighted by atomic mass is 16.5. The molecule has 0 saturated carbocycles. The lowest BCUT2D eigenvalue weighted by Gasteiger charge is -2.21. The lowest BCUT2D eigenvalue weighted by atomic mass is 9.92. The second kappa shape index (κ2) is 10.0. The van der Waals surface area contributed by atoms with Gasteiger partial charge in [-0.3, -0.25) is 0 Å². The summed E-state index contributed by atoms with van der Waals surface area (Å²) in [7, 11) is 0. The van der Waals surface area contributed by atoms with E-state index >= 15 is 0 Å². The molecule has 2 N–H and O–H groups in total. The van der Waals surface area contributed by atoms with Gasteiger partial charge in [-0.25, -0.2) is 4.79 Å². The molecule has 2 amide bonds. The van der Waals surface area contributed by atoms with Crippen LogP contribution in [0.15, 0.2) is 42.5 Å². The molecule has 0 saturated heterocycles. The molecule has 5 heteroatoms. The SMILES string of the molecule is CCN(CC)c1ccc(NC(=O)NCCOc2ccc3c(c2)CCCC3)cc1. The summed E-state index contributed by atoms with van der Waals surface area (Å²) in [6.45, 7) is 7.11. The predicted molar refractivity (Wildman–Crippen MR) is 116 cm³/mol. The van der Waals surface area contributed by atoms with Crippen molar-refractivity contribution in [3.63, 3.8) is 0 Å². The second-order valence-electron chi connectivity index (χ2n) is 7.09. The molecule has 150 valence electrons. The van der Waals surface area contributed by atoms with Gasteiger partial charge in [-0.1, -0.05) is 6.07 Å². The van der Waals surface area contributed by atoms with Crippen LogP contribution < -0.4 is 20.3 Å². The van der Waals surface area contributed by atoms with Gasteiger partial charge < -0.3 is 20.3 Å². The van der Waals surface area contributed by atoms with Crippen LogP contribution in [-0.4, -0.2) is 32.3 Å². The van der Waals surface area contributed by atoms with Gasteiger partial charge in [0.25, 0.3) is 0 Å². The maximum absolute atomic E-state index is 12.1. The number of nitrogens with zero attached hydrogens (tertiary/aromatic N) is 1. The van der Waals surface area contributed by atoms with Crippen molar-refractivity contribution in [1.29, 1.82) is 0 Å². The van der Waals surface area contributed by atoms with Gasteiger partial charge >= 0.3 is 6.03 Å². The van der Waals surface area contributed by atoms with E-state index in [2.05, 4.69) is 41.5 Å². The number of hydrogen-bond acceptors (Lipinski definition) is 3. The van der Waals surface area contributed by atoms with Crippen LogP contribution in [-0.2, 0) is 12.8 Å². The molecular weight excluding hydrogens is 350 g/mol. The van der Waals surface area contributed by atoms with Crippen LogP contribution in [0, 0.1) is 0 Å². The van der Waals surface area contributed by atoms with E-state index in [0.717, 1.165) is 36.6 Å². The number of anilines is 2. The van der Waals surface area contributed by atoms with Crippen LogP contribution in [0.1, 0.15) is 37.8 Å². The first-order valence-electron chi connectivity index (χ1n) is 10.3. The number of carbonyl (C=O) groups excluding carboxylic acids is 1. The maximum Gasteiger partial charge on any atom is 0.319 e. The average Bonchev–Trinajstić information content (AvgIpc) is 2.73. The predicted octanol–water partition coefficient (Wildman–Crippen LogP) is 4.61. The fourth-order valence-electron chi connectivity index (χ4n) is 3.65. The van der Waals surface area contributed by atoms with Crippen molar-refractivity contribution in [3.8, 4) is 5.75 Å². The van der Waals surface area contributed by atoms with E-state index in [9.17, 15) is 4.79 Å². The molecule has 1 aliphatic carbocycles. The van der Waals surface area contributed by atoms with Gasteiger partial charge in [-0.2, -0.15) is 0 Å². The zero-order valence-electron chi connectivity index (χ0n) is 17.0. The third-order valence-electron chi connectivity index (χ3n) is 5.23. The number of fused-ring (bicyclic) bond motifs is 1. The lowest BCUT2D eigenvalue weighted by Crippen LogP contribution is -2.32. The molecule has 0 atom stereocenters. The van der Waals surface area contributed by atoms with E-state index in [1.807, 2.05) is 30.3 Å². The molecule has 0 spiro atoms. The normalized spacial score (nSPS) is 12.8. The first kappa shape index (κ1) is 20.1. The molecule has 5 nitrogen and oxygen atoms in total. The number of carbonyl (C=O) groups is 1. The number of urea groups is 1. The summed E-state index contributed by atoms with van der Waals surface area (Å²) >= 11 is 0. The Kier molecular flexibility index (Phi) is 7.18. The second-order valence-corrected chi connectivity index (χ2v) is 7.09. The minimum atomic E-state index is -0.218. The fraction of sp³-hybridized carbons (Fsp3) is 0.435. The van der Waals surface area contributed by atoms with Crippen LogP contribution in [0.4, 0.5) is 16.2 Å². The van der Waals surface area contributed by atoms with Crippen molar-refractivity contribution in [1.82, 2.24) is 5.32 Å². The molecule has 3 rings (SSSR count). The Labute approximate surface area is 168 Å². The van der Waals surface area contributed by atoms with Gasteiger partial charge in [-0.15, -0.1) is 0 Å². The third-order valence-corrected chi connectivity index (χ3v) is 5.23. The zero-order valence-corrected chi connectivity index (χ0v) is 17.0. The molecule has 0 aromatic heterocycles. The Bertz CT molecular complexity index is 770. The quantitative estimate of drug-likeness (QED) is 0.657. The minimum Gasteiger partial charge on any atom is -0.492 e. The van der Waals surface area contributed by atoms with E-state index in [-0.39, 0.29) is 6.03 Å². The zero-order chi connectivity index (χ0) is 19.8. The van der Waals surface area contributed by atoms with Crippen LogP contribution in [0.2, 0.25) is 0 Å². The summed E-state index contributed by atoms with van der Waals surface area (Å²) in [6.07, 6.45) is 4.85. The van der Waals surface area contributed by atoms with Gasteiger partial charge in [-0.05, 0) is 87.1 Å². The topological polar surface area (TPSA) is 53.6 Å². The molecule has 0 heterocycles. The highest BCUT2D eigenvalue weighted by molar-refractivity contribution is 5.89. The van der Waals surface area contributed by atoms with Gasteiger partial charge in [0.05, 0.1) is 6.54 Å². The first-order valence-corrected chi connectivity index (χ1v) is 10.3. The molecule has 2 aromatic carbocycles. The number of benzene rings is 2. The summed E-state index contributed by atoms with van der Waals surface area (Å²) in [6, 6.07) is 14.0. The molecule has 0 aliphatic heterocycles. The van der Waals surface area contributed by atoms with E-state index in [4.69, 9.17) is 4.74 Å². The fourth-order valence-corrected chi connectivity index (χ4v) is 3.65. The molecule has 1 aliphatic rings. The Morgan fingerprint density at radius 2 is 1.71 bits per heavy atom. The van der Waals surface area contributed by atoms with Crippen molar-refractivity contribution >= 4 is 17.4 Å². The largest absolute Gasteiger partial charge is 0.492 e. The molecule has 2 aromatic rings. The summed E-state index contributed by atoms with van der Waals surface area (Å²) in [5, 5.41) is 5.70.